The number of hydrogen-bond donors (Lipinski definition) is 2. The van der Waals surface area contributed by atoms with Crippen molar-refractivity contribution < 1.29 is 14.3 Å². The van der Waals surface area contributed by atoms with Crippen LogP contribution in [0, 0.1) is 0 Å². The minimum absolute atomic E-state index is 0.205. The maximum atomic E-state index is 12.0. The highest BCUT2D eigenvalue weighted by atomic mass is 79.9. The zero-order valence-electron chi connectivity index (χ0n) is 13.7. The normalized spacial score (nSPS) is 11.0. The minimum atomic E-state index is -0.463. The molecule has 0 aliphatic carbocycles. The lowest BCUT2D eigenvalue weighted by Gasteiger charge is -2.18. The van der Waals surface area contributed by atoms with Crippen molar-refractivity contribution in [1.82, 2.24) is 20.6 Å². The third-order valence-corrected chi connectivity index (χ3v) is 3.56. The molecule has 1 aromatic carbocycles. The smallest absolute Gasteiger partial charge is 0.276 e. The van der Waals surface area contributed by atoms with E-state index in [1.54, 1.807) is 23.0 Å². The van der Waals surface area contributed by atoms with Crippen molar-refractivity contribution in [3.63, 3.8) is 0 Å². The molecule has 8 heteroatoms. The fraction of sp³-hybridized carbons (Fsp3) is 0.312. The fourth-order valence-corrected chi connectivity index (χ4v) is 1.99. The van der Waals surface area contributed by atoms with E-state index in [9.17, 15) is 9.59 Å². The monoisotopic (exact) mass is 394 g/mol. The lowest BCUT2D eigenvalue weighted by Crippen LogP contribution is -2.43. The van der Waals surface area contributed by atoms with E-state index in [-0.39, 0.29) is 12.1 Å². The molecule has 2 N–H and O–H groups in total. The molecule has 2 amide bonds. The molecule has 0 fully saturated rings. The highest BCUT2D eigenvalue weighted by molar-refractivity contribution is 9.10. The van der Waals surface area contributed by atoms with Gasteiger partial charge in [0.05, 0.1) is 17.3 Å². The van der Waals surface area contributed by atoms with Crippen molar-refractivity contribution in [2.75, 3.05) is 6.61 Å². The summed E-state index contributed by atoms with van der Waals surface area (Å²) >= 11 is 3.31. The molecule has 1 aromatic heterocycles. The Bertz CT molecular complexity index is 720. The van der Waals surface area contributed by atoms with Crippen LogP contribution in [0.1, 0.15) is 31.1 Å². The summed E-state index contributed by atoms with van der Waals surface area (Å²) in [5.74, 6) is -0.344. The minimum Gasteiger partial charge on any atom is -0.484 e. The van der Waals surface area contributed by atoms with Crippen LogP contribution in [0.5, 0.6) is 5.75 Å². The van der Waals surface area contributed by atoms with Crippen LogP contribution in [0.4, 0.5) is 0 Å². The number of rotatable bonds is 4. The predicted octanol–water partition coefficient (Wildman–Crippen LogP) is 2.24. The first-order valence-corrected chi connectivity index (χ1v) is 8.08. The quantitative estimate of drug-likeness (QED) is 0.778. The number of carbonyl (C=O) groups is 2. The van der Waals surface area contributed by atoms with E-state index >= 15 is 0 Å². The second kappa shape index (κ2) is 7.48. The van der Waals surface area contributed by atoms with Gasteiger partial charge in [-0.05, 0) is 45.0 Å². The molecule has 2 aromatic rings. The summed E-state index contributed by atoms with van der Waals surface area (Å²) in [5, 5.41) is 4.13. The number of nitrogens with zero attached hydrogens (tertiary/aromatic N) is 2. The van der Waals surface area contributed by atoms with Gasteiger partial charge >= 0.3 is 0 Å². The Hall–Kier alpha value is -2.35. The lowest BCUT2D eigenvalue weighted by molar-refractivity contribution is -0.123. The standard InChI is InChI=1S/C16H19BrN4O3/c1-16(2,3)21-9-11(8-18-21)15(23)20-19-14(22)10-24-13-6-4-12(17)5-7-13/h4-9H,10H2,1-3H3,(H,19,22)(H,20,23). The van der Waals surface area contributed by atoms with Crippen LogP contribution in [0.3, 0.4) is 0 Å². The summed E-state index contributed by atoms with van der Waals surface area (Å²) < 4.78 is 7.91. The van der Waals surface area contributed by atoms with Gasteiger partial charge in [0.15, 0.2) is 6.61 Å². The van der Waals surface area contributed by atoms with Crippen LogP contribution in [0.25, 0.3) is 0 Å². The van der Waals surface area contributed by atoms with Crippen LogP contribution in [0.15, 0.2) is 41.1 Å². The van der Waals surface area contributed by atoms with Gasteiger partial charge in [0, 0.05) is 10.7 Å². The Morgan fingerprint density at radius 1 is 1.21 bits per heavy atom. The average Bonchev–Trinajstić information content (AvgIpc) is 3.02. The Kier molecular flexibility index (Phi) is 5.61. The number of carbonyl (C=O) groups excluding carboxylic acids is 2. The topological polar surface area (TPSA) is 85.2 Å². The van der Waals surface area contributed by atoms with E-state index in [1.807, 2.05) is 32.9 Å². The molecule has 0 unspecified atom stereocenters. The van der Waals surface area contributed by atoms with E-state index in [0.29, 0.717) is 11.3 Å². The van der Waals surface area contributed by atoms with E-state index in [0.717, 1.165) is 4.47 Å². The van der Waals surface area contributed by atoms with Crippen LogP contribution in [0.2, 0.25) is 0 Å². The first kappa shape index (κ1) is 18.0. The maximum Gasteiger partial charge on any atom is 0.276 e. The highest BCUT2D eigenvalue weighted by Gasteiger charge is 2.17. The Morgan fingerprint density at radius 2 is 1.88 bits per heavy atom. The predicted molar refractivity (Wildman–Crippen MR) is 92.5 cm³/mol. The zero-order chi connectivity index (χ0) is 17.7. The van der Waals surface area contributed by atoms with Crippen molar-refractivity contribution in [3.05, 3.63) is 46.7 Å². The van der Waals surface area contributed by atoms with Gasteiger partial charge in [-0.15, -0.1) is 0 Å². The molecule has 2 rings (SSSR count). The van der Waals surface area contributed by atoms with Crippen molar-refractivity contribution in [1.29, 1.82) is 0 Å². The van der Waals surface area contributed by atoms with Crippen LogP contribution < -0.4 is 15.6 Å². The molecule has 0 saturated carbocycles. The third kappa shape index (κ3) is 5.09. The van der Waals surface area contributed by atoms with Gasteiger partial charge < -0.3 is 4.74 Å². The largest absolute Gasteiger partial charge is 0.484 e. The van der Waals surface area contributed by atoms with Gasteiger partial charge in [0.2, 0.25) is 0 Å². The summed E-state index contributed by atoms with van der Waals surface area (Å²) in [7, 11) is 0. The molecule has 1 heterocycles. The summed E-state index contributed by atoms with van der Waals surface area (Å²) in [6.07, 6.45) is 3.07. The molecule has 0 aliphatic rings. The first-order chi connectivity index (χ1) is 11.3. The van der Waals surface area contributed by atoms with Crippen molar-refractivity contribution in [3.8, 4) is 5.75 Å². The fourth-order valence-electron chi connectivity index (χ4n) is 1.72. The van der Waals surface area contributed by atoms with E-state index in [4.69, 9.17) is 4.74 Å². The zero-order valence-corrected chi connectivity index (χ0v) is 15.3. The maximum absolute atomic E-state index is 12.0. The Labute approximate surface area is 148 Å². The van der Waals surface area contributed by atoms with Gasteiger partial charge in [0.25, 0.3) is 11.8 Å². The van der Waals surface area contributed by atoms with Crippen molar-refractivity contribution in [2.45, 2.75) is 26.3 Å². The van der Waals surface area contributed by atoms with E-state index in [1.165, 1.54) is 6.20 Å². The second-order valence-electron chi connectivity index (χ2n) is 6.09. The first-order valence-electron chi connectivity index (χ1n) is 7.28. The molecule has 24 heavy (non-hydrogen) atoms. The molecule has 0 atom stereocenters. The Balaban J connectivity index is 1.79. The number of hydrogen-bond acceptors (Lipinski definition) is 4. The third-order valence-electron chi connectivity index (χ3n) is 3.03. The summed E-state index contributed by atoms with van der Waals surface area (Å²) in [4.78, 5) is 23.7. The van der Waals surface area contributed by atoms with Crippen LogP contribution in [-0.4, -0.2) is 28.2 Å². The number of halogens is 1. The molecule has 0 spiro atoms. The molecular formula is C16H19BrN4O3. The lowest BCUT2D eigenvalue weighted by atomic mass is 10.1. The summed E-state index contributed by atoms with van der Waals surface area (Å²) in [6, 6.07) is 7.08. The number of ether oxygens (including phenoxy) is 1. The molecule has 0 saturated heterocycles. The number of nitrogens with one attached hydrogen (secondary N) is 2. The second-order valence-corrected chi connectivity index (χ2v) is 7.00. The summed E-state index contributed by atoms with van der Waals surface area (Å²) in [6.45, 7) is 5.72. The molecule has 0 bridgehead atoms. The van der Waals surface area contributed by atoms with E-state index in [2.05, 4.69) is 31.9 Å². The van der Waals surface area contributed by atoms with Gasteiger partial charge in [-0.1, -0.05) is 15.9 Å². The number of aromatic nitrogens is 2. The van der Waals surface area contributed by atoms with Gasteiger partial charge in [-0.3, -0.25) is 25.1 Å². The molecule has 0 aliphatic heterocycles. The molecule has 0 radical (unpaired) electrons. The highest BCUT2D eigenvalue weighted by Crippen LogP contribution is 2.16. The average molecular weight is 395 g/mol. The molecule has 7 nitrogen and oxygen atoms in total. The van der Waals surface area contributed by atoms with Gasteiger partial charge in [-0.2, -0.15) is 5.10 Å². The van der Waals surface area contributed by atoms with Gasteiger partial charge in [-0.25, -0.2) is 0 Å². The molecular weight excluding hydrogens is 376 g/mol. The van der Waals surface area contributed by atoms with Crippen LogP contribution in [-0.2, 0) is 10.3 Å². The Morgan fingerprint density at radius 3 is 2.46 bits per heavy atom. The summed E-state index contributed by atoms with van der Waals surface area (Å²) in [5.41, 5.74) is 4.77. The number of benzene rings is 1. The number of amides is 2. The van der Waals surface area contributed by atoms with Crippen molar-refractivity contribution >= 4 is 27.7 Å². The SMILES string of the molecule is CC(C)(C)n1cc(C(=O)NNC(=O)COc2ccc(Br)cc2)cn1. The van der Waals surface area contributed by atoms with Gasteiger partial charge in [0.1, 0.15) is 5.75 Å². The molecule has 128 valence electrons. The van der Waals surface area contributed by atoms with E-state index < -0.39 is 11.8 Å². The number of hydrazine groups is 1. The van der Waals surface area contributed by atoms with Crippen molar-refractivity contribution in [2.24, 2.45) is 0 Å². The van der Waals surface area contributed by atoms with Crippen LogP contribution >= 0.6 is 15.9 Å².